The molecule has 24 heavy (non-hydrogen) atoms. The lowest BCUT2D eigenvalue weighted by Gasteiger charge is -2.42. The lowest BCUT2D eigenvalue weighted by Crippen LogP contribution is -2.60. The van der Waals surface area contributed by atoms with Crippen LogP contribution in [-0.4, -0.2) is 79.3 Å². The van der Waals surface area contributed by atoms with Gasteiger partial charge < -0.3 is 19.7 Å². The first-order valence-electron chi connectivity index (χ1n) is 8.47. The van der Waals surface area contributed by atoms with E-state index in [4.69, 9.17) is 9.47 Å². The molecule has 0 saturated carbocycles. The van der Waals surface area contributed by atoms with Crippen molar-refractivity contribution in [3.05, 3.63) is 23.9 Å². The van der Waals surface area contributed by atoms with Gasteiger partial charge in [-0.25, -0.2) is 4.98 Å². The number of aromatic nitrogens is 1. The number of rotatable bonds is 4. The van der Waals surface area contributed by atoms with Gasteiger partial charge >= 0.3 is 0 Å². The number of hydrogen-bond donors (Lipinski definition) is 1. The third-order valence-electron chi connectivity index (χ3n) is 4.63. The quantitative estimate of drug-likeness (QED) is 0.868. The number of carbonyl (C=O) groups is 1. The summed E-state index contributed by atoms with van der Waals surface area (Å²) in [5.74, 6) is 0.945. The molecule has 0 bridgehead atoms. The predicted octanol–water partition coefficient (Wildman–Crippen LogP) is 0.573. The first-order chi connectivity index (χ1) is 11.6. The first kappa shape index (κ1) is 17.1. The Bertz CT molecular complexity index is 577. The summed E-state index contributed by atoms with van der Waals surface area (Å²) in [6.45, 7) is 7.10. The maximum absolute atomic E-state index is 12.9. The van der Waals surface area contributed by atoms with Gasteiger partial charge in [0.1, 0.15) is 5.82 Å². The number of anilines is 1. The van der Waals surface area contributed by atoms with E-state index in [-0.39, 0.29) is 5.91 Å². The molecule has 0 unspecified atom stereocenters. The molecule has 2 fully saturated rings. The third-order valence-corrected chi connectivity index (χ3v) is 4.63. The maximum Gasteiger partial charge on any atom is 0.256 e. The Morgan fingerprint density at radius 3 is 2.88 bits per heavy atom. The van der Waals surface area contributed by atoms with E-state index in [0.717, 1.165) is 24.5 Å². The molecule has 2 saturated heterocycles. The molecule has 3 heterocycles. The zero-order valence-corrected chi connectivity index (χ0v) is 14.5. The van der Waals surface area contributed by atoms with Gasteiger partial charge in [-0.2, -0.15) is 0 Å². The van der Waals surface area contributed by atoms with Crippen molar-refractivity contribution in [1.82, 2.24) is 14.8 Å². The Balaban J connectivity index is 1.67. The van der Waals surface area contributed by atoms with Gasteiger partial charge in [-0.05, 0) is 13.0 Å². The van der Waals surface area contributed by atoms with Gasteiger partial charge in [-0.3, -0.25) is 9.69 Å². The zero-order valence-electron chi connectivity index (χ0n) is 14.5. The highest BCUT2D eigenvalue weighted by atomic mass is 16.5. The highest BCUT2D eigenvalue weighted by Crippen LogP contribution is 2.24. The molecular formula is C17H26N4O3. The fraction of sp³-hybridized carbons (Fsp3) is 0.647. The van der Waals surface area contributed by atoms with Crippen LogP contribution >= 0.6 is 0 Å². The minimum atomic E-state index is -0.794. The molecule has 0 aromatic carbocycles. The molecule has 7 heteroatoms. The van der Waals surface area contributed by atoms with Gasteiger partial charge in [-0.1, -0.05) is 6.07 Å². The Hall–Kier alpha value is -1.70. The maximum atomic E-state index is 12.9. The van der Waals surface area contributed by atoms with Crippen LogP contribution in [0.4, 0.5) is 5.82 Å². The van der Waals surface area contributed by atoms with Crippen molar-refractivity contribution >= 4 is 11.7 Å². The van der Waals surface area contributed by atoms with E-state index in [1.165, 1.54) is 0 Å². The lowest BCUT2D eigenvalue weighted by molar-refractivity contribution is -0.171. The topological polar surface area (TPSA) is 66.9 Å². The normalized spacial score (nSPS) is 25.5. The molecule has 1 N–H and O–H groups in total. The van der Waals surface area contributed by atoms with Gasteiger partial charge in [0.15, 0.2) is 5.60 Å². The van der Waals surface area contributed by atoms with E-state index in [0.29, 0.717) is 39.5 Å². The van der Waals surface area contributed by atoms with Crippen LogP contribution in [0.25, 0.3) is 0 Å². The minimum absolute atomic E-state index is 0.0653. The van der Waals surface area contributed by atoms with Crippen molar-refractivity contribution in [2.75, 3.05) is 58.4 Å². The average Bonchev–Trinajstić information content (AvgIpc) is 2.62. The summed E-state index contributed by atoms with van der Waals surface area (Å²) in [5.41, 5.74) is 0.334. The molecule has 0 spiro atoms. The summed E-state index contributed by atoms with van der Waals surface area (Å²) < 4.78 is 11.2. The van der Waals surface area contributed by atoms with Crippen molar-refractivity contribution in [3.8, 4) is 0 Å². The van der Waals surface area contributed by atoms with Crippen LogP contribution < -0.4 is 5.32 Å². The number of nitrogens with zero attached hydrogens (tertiary/aromatic N) is 3. The number of amides is 1. The summed E-state index contributed by atoms with van der Waals surface area (Å²) >= 11 is 0. The Kier molecular flexibility index (Phi) is 5.33. The summed E-state index contributed by atoms with van der Waals surface area (Å²) in [6.07, 6.45) is 1.78. The second kappa shape index (κ2) is 7.46. The fourth-order valence-electron chi connectivity index (χ4n) is 3.35. The van der Waals surface area contributed by atoms with Crippen LogP contribution in [0.2, 0.25) is 0 Å². The Morgan fingerprint density at radius 2 is 2.12 bits per heavy atom. The van der Waals surface area contributed by atoms with Crippen molar-refractivity contribution in [2.45, 2.75) is 19.1 Å². The molecule has 0 radical (unpaired) electrons. The number of hydrogen-bond acceptors (Lipinski definition) is 6. The predicted molar refractivity (Wildman–Crippen MR) is 90.8 cm³/mol. The SMILES string of the molecule is CNc1ncccc1CN1CCO[C@](C)(C(=O)N2CCOCC2)C1. The number of carbonyl (C=O) groups excluding carboxylic acids is 1. The number of ether oxygens (including phenoxy) is 2. The number of morpholine rings is 2. The molecular weight excluding hydrogens is 308 g/mol. The van der Waals surface area contributed by atoms with E-state index >= 15 is 0 Å². The summed E-state index contributed by atoms with van der Waals surface area (Å²) in [7, 11) is 1.87. The monoisotopic (exact) mass is 334 g/mol. The number of pyridine rings is 1. The van der Waals surface area contributed by atoms with Crippen molar-refractivity contribution < 1.29 is 14.3 Å². The second-order valence-corrected chi connectivity index (χ2v) is 6.46. The molecule has 2 aliphatic heterocycles. The molecule has 132 valence electrons. The van der Waals surface area contributed by atoms with Gasteiger partial charge in [0.05, 0.1) is 19.8 Å². The van der Waals surface area contributed by atoms with E-state index in [1.807, 2.05) is 24.9 Å². The fourth-order valence-corrected chi connectivity index (χ4v) is 3.35. The Morgan fingerprint density at radius 1 is 1.33 bits per heavy atom. The molecule has 1 amide bonds. The molecule has 1 aromatic rings. The van der Waals surface area contributed by atoms with Crippen LogP contribution in [0, 0.1) is 0 Å². The van der Waals surface area contributed by atoms with Crippen molar-refractivity contribution in [2.24, 2.45) is 0 Å². The second-order valence-electron chi connectivity index (χ2n) is 6.46. The van der Waals surface area contributed by atoms with Gasteiger partial charge in [0.2, 0.25) is 0 Å². The molecule has 2 aliphatic rings. The van der Waals surface area contributed by atoms with E-state index in [9.17, 15) is 4.79 Å². The lowest BCUT2D eigenvalue weighted by atomic mass is 10.0. The van der Waals surface area contributed by atoms with Crippen molar-refractivity contribution in [3.63, 3.8) is 0 Å². The van der Waals surface area contributed by atoms with Crippen LogP contribution in [0.5, 0.6) is 0 Å². The summed E-state index contributed by atoms with van der Waals surface area (Å²) in [5, 5.41) is 3.12. The van der Waals surface area contributed by atoms with Crippen molar-refractivity contribution in [1.29, 1.82) is 0 Å². The van der Waals surface area contributed by atoms with Crippen LogP contribution in [0.15, 0.2) is 18.3 Å². The highest BCUT2D eigenvalue weighted by Gasteiger charge is 2.42. The van der Waals surface area contributed by atoms with Gasteiger partial charge in [-0.15, -0.1) is 0 Å². The minimum Gasteiger partial charge on any atom is -0.378 e. The zero-order chi connectivity index (χ0) is 17.0. The highest BCUT2D eigenvalue weighted by molar-refractivity contribution is 5.85. The molecule has 1 aromatic heterocycles. The van der Waals surface area contributed by atoms with Crippen LogP contribution in [0.3, 0.4) is 0 Å². The van der Waals surface area contributed by atoms with E-state index in [1.54, 1.807) is 6.20 Å². The molecule has 0 aliphatic carbocycles. The molecule has 7 nitrogen and oxygen atoms in total. The number of nitrogens with one attached hydrogen (secondary N) is 1. The largest absolute Gasteiger partial charge is 0.378 e. The van der Waals surface area contributed by atoms with Gasteiger partial charge in [0.25, 0.3) is 5.91 Å². The van der Waals surface area contributed by atoms with E-state index < -0.39 is 5.60 Å². The first-order valence-corrected chi connectivity index (χ1v) is 8.47. The van der Waals surface area contributed by atoms with Crippen LogP contribution in [-0.2, 0) is 20.8 Å². The summed E-state index contributed by atoms with van der Waals surface area (Å²) in [6, 6.07) is 4.00. The third kappa shape index (κ3) is 3.68. The molecule has 3 rings (SSSR count). The Labute approximate surface area is 142 Å². The van der Waals surface area contributed by atoms with Crippen LogP contribution in [0.1, 0.15) is 12.5 Å². The average molecular weight is 334 g/mol. The summed E-state index contributed by atoms with van der Waals surface area (Å²) in [4.78, 5) is 21.4. The smallest absolute Gasteiger partial charge is 0.256 e. The van der Waals surface area contributed by atoms with Gasteiger partial charge in [0, 0.05) is 51.5 Å². The van der Waals surface area contributed by atoms with E-state index in [2.05, 4.69) is 21.3 Å². The molecule has 1 atom stereocenters. The standard InChI is InChI=1S/C17H26N4O3/c1-17(16(22)21-7-9-23-10-8-21)13-20(6-11-24-17)12-14-4-3-5-19-15(14)18-2/h3-5H,6-13H2,1-2H3,(H,18,19)/t17-/m0/s1.